The minimum atomic E-state index is 0.435. The van der Waals surface area contributed by atoms with Gasteiger partial charge in [-0.1, -0.05) is 152 Å². The van der Waals surface area contributed by atoms with Gasteiger partial charge in [-0.15, -0.1) is 15.3 Å². The number of hydrogen-bond acceptors (Lipinski definition) is 6. The van der Waals surface area contributed by atoms with Crippen LogP contribution in [0.25, 0.3) is 123 Å². The lowest BCUT2D eigenvalue weighted by Gasteiger charge is -2.05. The molecule has 8 aromatic carbocycles. The van der Waals surface area contributed by atoms with Gasteiger partial charge in [0, 0.05) is 32.3 Å². The van der Waals surface area contributed by atoms with Crippen LogP contribution >= 0.6 is 0 Å². The van der Waals surface area contributed by atoms with Gasteiger partial charge in [0.05, 0.1) is 33.1 Å². The molecule has 66 heavy (non-hydrogen) atoms. The maximum absolute atomic E-state index is 5.34. The first-order valence-electron chi connectivity index (χ1n) is 21.8. The Hall–Kier alpha value is -9.42. The molecular weight excluding hydrogens is 817 g/mol. The molecule has 0 aliphatic rings. The van der Waals surface area contributed by atoms with Gasteiger partial charge in [-0.05, 0) is 64.7 Å². The van der Waals surface area contributed by atoms with Crippen molar-refractivity contribution >= 4 is 82.8 Å². The Balaban J connectivity index is 1.03. The molecule has 0 spiro atoms. The Morgan fingerprint density at radius 2 is 0.576 bits per heavy atom. The summed E-state index contributed by atoms with van der Waals surface area (Å²) < 4.78 is 11.6. The minimum Gasteiger partial charge on any atom is -0.277 e. The summed E-state index contributed by atoms with van der Waals surface area (Å²) in [6.07, 6.45) is 0. The van der Waals surface area contributed by atoms with Crippen molar-refractivity contribution in [2.75, 3.05) is 0 Å². The normalized spacial score (nSPS) is 12.2. The molecule has 0 amide bonds. The molecule has 7 heterocycles. The largest absolute Gasteiger partial charge is 0.277 e. The third-order valence-electron chi connectivity index (χ3n) is 13.0. The summed E-state index contributed by atoms with van der Waals surface area (Å²) in [5, 5.41) is 22.5. The summed E-state index contributed by atoms with van der Waals surface area (Å²) in [5.41, 5.74) is 10.4. The Bertz CT molecular complexity index is 4420. The highest BCUT2D eigenvalue weighted by molar-refractivity contribution is 6.12. The lowest BCUT2D eigenvalue weighted by Crippen LogP contribution is -2.06. The van der Waals surface area contributed by atoms with Crippen LogP contribution < -0.4 is 0 Å². The van der Waals surface area contributed by atoms with E-state index in [2.05, 4.69) is 184 Å². The van der Waals surface area contributed by atoms with E-state index in [1.807, 2.05) is 24.3 Å². The van der Waals surface area contributed by atoms with E-state index in [9.17, 15) is 0 Å². The molecule has 12 nitrogen and oxygen atoms in total. The number of fused-ring (bicyclic) bond motifs is 15. The smallest absolute Gasteiger partial charge is 0.261 e. The lowest BCUT2D eigenvalue weighted by atomic mass is 10.0. The van der Waals surface area contributed by atoms with Gasteiger partial charge in [-0.3, -0.25) is 13.7 Å². The summed E-state index contributed by atoms with van der Waals surface area (Å²) >= 11 is 0. The summed E-state index contributed by atoms with van der Waals surface area (Å²) in [5.74, 6) is 2.71. The standard InChI is InChI=1S/C54H32N12/c1-3-15-33(16-4-1)35-28-30-47-42(31-35)40-22-10-14-26-46(40)62(47)50-56-53-64(59-50)52-55-49(61-43-23-11-7-19-37(43)38-20-8-12-24-44(38)61)58-65(52)54-57-51(60-66(53)54)63-45-25-13-9-21-39(45)41-29-27-36(32-48(41)63)34-17-5-2-6-18-34/h1-32H. The molecule has 0 atom stereocenters. The second-order valence-electron chi connectivity index (χ2n) is 16.6. The van der Waals surface area contributed by atoms with Crippen LogP contribution in [0.2, 0.25) is 0 Å². The monoisotopic (exact) mass is 848 g/mol. The Morgan fingerprint density at radius 3 is 1.03 bits per heavy atom. The molecule has 15 rings (SSSR count). The van der Waals surface area contributed by atoms with Crippen molar-refractivity contribution in [3.8, 4) is 40.1 Å². The van der Waals surface area contributed by atoms with Gasteiger partial charge < -0.3 is 0 Å². The molecule has 15 aromatic rings. The topological polar surface area (TPSA) is 105 Å². The van der Waals surface area contributed by atoms with Crippen LogP contribution in [-0.2, 0) is 0 Å². The van der Waals surface area contributed by atoms with Crippen LogP contribution in [0.5, 0.6) is 0 Å². The Labute approximate surface area is 373 Å². The summed E-state index contributed by atoms with van der Waals surface area (Å²) in [6, 6.07) is 67.5. The van der Waals surface area contributed by atoms with Gasteiger partial charge >= 0.3 is 0 Å². The van der Waals surface area contributed by atoms with Crippen molar-refractivity contribution in [3.05, 3.63) is 194 Å². The van der Waals surface area contributed by atoms with Crippen molar-refractivity contribution < 1.29 is 0 Å². The van der Waals surface area contributed by atoms with Crippen LogP contribution in [0, 0.1) is 0 Å². The number of nitrogens with zero attached hydrogens (tertiary/aromatic N) is 12. The number of aromatic nitrogens is 12. The molecule has 0 saturated heterocycles. The average Bonchev–Trinajstić information content (AvgIpc) is 4.24. The average molecular weight is 849 g/mol. The first-order chi connectivity index (χ1) is 32.7. The summed E-state index contributed by atoms with van der Waals surface area (Å²) in [7, 11) is 0. The van der Waals surface area contributed by atoms with Crippen molar-refractivity contribution in [3.63, 3.8) is 0 Å². The third-order valence-corrected chi connectivity index (χ3v) is 13.0. The highest BCUT2D eigenvalue weighted by Crippen LogP contribution is 2.37. The third kappa shape index (κ3) is 4.81. The maximum Gasteiger partial charge on any atom is 0.261 e. The SMILES string of the molecule is c1ccc(-c2ccc3c(c2)c2ccccc2n3-c2nc3n(n2)c2nc(-n4c5ccccc5c5ccccc54)nn2c2nc(-n4c5ccccc5c5ccc(-c6ccccc6)cc54)nn32)cc1. The van der Waals surface area contributed by atoms with Gasteiger partial charge in [0.2, 0.25) is 0 Å². The van der Waals surface area contributed by atoms with Crippen LogP contribution in [-0.4, -0.2) is 57.5 Å². The number of benzene rings is 8. The molecular formula is C54H32N12. The van der Waals surface area contributed by atoms with E-state index in [1.54, 1.807) is 13.5 Å². The molecule has 0 radical (unpaired) electrons. The molecule has 0 saturated carbocycles. The van der Waals surface area contributed by atoms with Crippen molar-refractivity contribution in [1.82, 2.24) is 57.5 Å². The molecule has 0 N–H and O–H groups in total. The number of hydrogen-bond donors (Lipinski definition) is 0. The zero-order valence-electron chi connectivity index (χ0n) is 34.8. The van der Waals surface area contributed by atoms with E-state index in [0.29, 0.717) is 35.2 Å². The van der Waals surface area contributed by atoms with Crippen molar-refractivity contribution in [2.24, 2.45) is 0 Å². The molecule has 308 valence electrons. The van der Waals surface area contributed by atoms with Gasteiger partial charge in [0.15, 0.2) is 0 Å². The van der Waals surface area contributed by atoms with E-state index < -0.39 is 0 Å². The molecule has 0 aliphatic heterocycles. The zero-order valence-corrected chi connectivity index (χ0v) is 34.8. The molecule has 0 fully saturated rings. The minimum absolute atomic E-state index is 0.435. The van der Waals surface area contributed by atoms with Crippen LogP contribution in [0.4, 0.5) is 0 Å². The molecule has 0 aliphatic carbocycles. The van der Waals surface area contributed by atoms with Crippen LogP contribution in [0.3, 0.4) is 0 Å². The number of rotatable bonds is 5. The second-order valence-corrected chi connectivity index (χ2v) is 16.6. The molecule has 7 aromatic heterocycles. The predicted octanol–water partition coefficient (Wildman–Crippen LogP) is 11.4. The summed E-state index contributed by atoms with van der Waals surface area (Å²) in [4.78, 5) is 16.0. The fourth-order valence-electron chi connectivity index (χ4n) is 10.1. The van der Waals surface area contributed by atoms with Gasteiger partial charge in [0.25, 0.3) is 35.2 Å². The molecule has 12 heteroatoms. The second kappa shape index (κ2) is 13.1. The van der Waals surface area contributed by atoms with Crippen LogP contribution in [0.15, 0.2) is 194 Å². The van der Waals surface area contributed by atoms with E-state index in [-0.39, 0.29) is 0 Å². The summed E-state index contributed by atoms with van der Waals surface area (Å²) in [6.45, 7) is 0. The lowest BCUT2D eigenvalue weighted by molar-refractivity contribution is 0.807. The maximum atomic E-state index is 5.34. The zero-order chi connectivity index (χ0) is 43.0. The fraction of sp³-hybridized carbons (Fsp3) is 0. The van der Waals surface area contributed by atoms with Gasteiger partial charge in [-0.2, -0.15) is 28.5 Å². The fourth-order valence-corrected chi connectivity index (χ4v) is 10.1. The molecule has 0 bridgehead atoms. The Morgan fingerprint density at radius 1 is 0.242 bits per heavy atom. The molecule has 0 unspecified atom stereocenters. The van der Waals surface area contributed by atoms with Gasteiger partial charge in [0.1, 0.15) is 0 Å². The predicted molar refractivity (Wildman–Crippen MR) is 260 cm³/mol. The quantitative estimate of drug-likeness (QED) is 0.171. The van der Waals surface area contributed by atoms with E-state index in [1.165, 1.54) is 0 Å². The van der Waals surface area contributed by atoms with Crippen molar-refractivity contribution in [1.29, 1.82) is 0 Å². The van der Waals surface area contributed by atoms with E-state index in [0.717, 1.165) is 87.7 Å². The number of para-hydroxylation sites is 4. The van der Waals surface area contributed by atoms with Crippen molar-refractivity contribution in [2.45, 2.75) is 0 Å². The van der Waals surface area contributed by atoms with Gasteiger partial charge in [-0.25, -0.2) is 0 Å². The van der Waals surface area contributed by atoms with Crippen LogP contribution in [0.1, 0.15) is 0 Å². The van der Waals surface area contributed by atoms with E-state index in [4.69, 9.17) is 30.2 Å². The highest BCUT2D eigenvalue weighted by Gasteiger charge is 2.26. The highest BCUT2D eigenvalue weighted by atomic mass is 15.6. The first-order valence-corrected chi connectivity index (χ1v) is 21.8. The first kappa shape index (κ1) is 35.1. The Kier molecular flexibility index (Phi) is 6.94. The van der Waals surface area contributed by atoms with E-state index >= 15 is 0 Å².